The van der Waals surface area contributed by atoms with E-state index in [9.17, 15) is 9.59 Å². The summed E-state index contributed by atoms with van der Waals surface area (Å²) in [5, 5.41) is 0. The second-order valence-electron chi connectivity index (χ2n) is 8.73. The van der Waals surface area contributed by atoms with E-state index in [4.69, 9.17) is 19.9 Å². The molecule has 3 saturated heterocycles. The normalized spacial score (nSPS) is 22.7. The van der Waals surface area contributed by atoms with Crippen molar-refractivity contribution in [3.8, 4) is 0 Å². The highest BCUT2D eigenvalue weighted by Gasteiger charge is 2.27. The molecule has 3 fully saturated rings. The molecule has 4 rings (SSSR count). The van der Waals surface area contributed by atoms with Crippen molar-refractivity contribution in [3.05, 3.63) is 23.4 Å². The van der Waals surface area contributed by atoms with E-state index in [1.165, 1.54) is 0 Å². The van der Waals surface area contributed by atoms with Gasteiger partial charge in [-0.15, -0.1) is 0 Å². The monoisotopic (exact) mass is 446 g/mol. The predicted octanol–water partition coefficient (Wildman–Crippen LogP) is 1.43. The van der Waals surface area contributed by atoms with Gasteiger partial charge in [-0.25, -0.2) is 4.98 Å². The first-order valence-corrected chi connectivity index (χ1v) is 11.7. The van der Waals surface area contributed by atoms with E-state index in [0.29, 0.717) is 51.6 Å². The van der Waals surface area contributed by atoms with Gasteiger partial charge in [-0.3, -0.25) is 9.59 Å². The van der Waals surface area contributed by atoms with Crippen LogP contribution in [0.1, 0.15) is 54.1 Å². The smallest absolute Gasteiger partial charge is 0.257 e. The molecule has 1 aromatic heterocycles. The van der Waals surface area contributed by atoms with E-state index >= 15 is 0 Å². The molecule has 0 aromatic carbocycles. The second kappa shape index (κ2) is 11.1. The van der Waals surface area contributed by atoms with E-state index < -0.39 is 0 Å². The topological polar surface area (TPSA) is 107 Å². The van der Waals surface area contributed by atoms with Gasteiger partial charge < -0.3 is 29.7 Å². The highest BCUT2D eigenvalue weighted by molar-refractivity contribution is 5.98. The van der Waals surface area contributed by atoms with Gasteiger partial charge in [-0.2, -0.15) is 0 Å². The summed E-state index contributed by atoms with van der Waals surface area (Å²) in [4.78, 5) is 33.3. The van der Waals surface area contributed by atoms with Gasteiger partial charge in [0, 0.05) is 44.4 Å². The zero-order valence-electron chi connectivity index (χ0n) is 18.7. The minimum atomic E-state index is -0.0936. The number of nitrogens with two attached hydrogens (primary N) is 1. The molecule has 0 saturated carbocycles. The summed E-state index contributed by atoms with van der Waals surface area (Å²) < 4.78 is 16.6. The Labute approximate surface area is 189 Å². The second-order valence-corrected chi connectivity index (χ2v) is 8.73. The molecule has 0 unspecified atom stereocenters. The van der Waals surface area contributed by atoms with E-state index in [2.05, 4.69) is 4.98 Å². The van der Waals surface area contributed by atoms with Crippen molar-refractivity contribution >= 4 is 17.6 Å². The summed E-state index contributed by atoms with van der Waals surface area (Å²) in [5.41, 5.74) is 7.48. The van der Waals surface area contributed by atoms with Crippen LogP contribution in [0.25, 0.3) is 0 Å². The van der Waals surface area contributed by atoms with Crippen molar-refractivity contribution in [1.29, 1.82) is 0 Å². The molecule has 9 heteroatoms. The van der Waals surface area contributed by atoms with E-state index in [1.54, 1.807) is 11.0 Å². The lowest BCUT2D eigenvalue weighted by molar-refractivity contribution is -0.139. The fourth-order valence-corrected chi connectivity index (χ4v) is 4.57. The Morgan fingerprint density at radius 2 is 1.81 bits per heavy atom. The highest BCUT2D eigenvalue weighted by atomic mass is 16.5. The number of likely N-dealkylation sites (tertiary alicyclic amines) is 1. The quantitative estimate of drug-likeness (QED) is 0.704. The predicted molar refractivity (Wildman–Crippen MR) is 118 cm³/mol. The molecule has 2 N–H and O–H groups in total. The van der Waals surface area contributed by atoms with Crippen LogP contribution in [0.4, 0.5) is 5.82 Å². The molecule has 2 amide bonds. The molecule has 3 aliphatic rings. The molecule has 0 spiro atoms. The van der Waals surface area contributed by atoms with Gasteiger partial charge in [0.05, 0.1) is 31.5 Å². The molecule has 1 aromatic rings. The number of pyridine rings is 1. The molecule has 176 valence electrons. The van der Waals surface area contributed by atoms with Gasteiger partial charge in [0.15, 0.2) is 0 Å². The summed E-state index contributed by atoms with van der Waals surface area (Å²) >= 11 is 0. The van der Waals surface area contributed by atoms with Crippen molar-refractivity contribution in [2.75, 3.05) is 64.9 Å². The molecular formula is C23H34N4O5. The van der Waals surface area contributed by atoms with Crippen LogP contribution >= 0.6 is 0 Å². The number of aromatic nitrogens is 1. The third-order valence-electron chi connectivity index (χ3n) is 6.54. The van der Waals surface area contributed by atoms with Crippen LogP contribution in [0.3, 0.4) is 0 Å². The van der Waals surface area contributed by atoms with Crippen LogP contribution in [-0.4, -0.2) is 91.9 Å². The van der Waals surface area contributed by atoms with Crippen LogP contribution in [0.2, 0.25) is 0 Å². The Hall–Kier alpha value is -2.23. The van der Waals surface area contributed by atoms with Crippen molar-refractivity contribution in [2.45, 2.75) is 44.1 Å². The van der Waals surface area contributed by atoms with Gasteiger partial charge in [0.25, 0.3) is 5.91 Å². The summed E-state index contributed by atoms with van der Waals surface area (Å²) in [6.07, 6.45) is 5.04. The standard InChI is InChI=1S/C23H34N4O5/c24-22-19(23(29)27-10-13-30-14-11-27)4-5-20(25-22)17-6-8-26(9-7-17)21(28)16-31-15-18-3-1-2-12-32-18/h4-5,17-18H,1-3,6-16H2,(H2,24,25)/t18-/m0/s1. The maximum atomic E-state index is 12.7. The summed E-state index contributed by atoms with van der Waals surface area (Å²) in [6.45, 7) is 4.96. The van der Waals surface area contributed by atoms with Crippen molar-refractivity contribution in [1.82, 2.24) is 14.8 Å². The van der Waals surface area contributed by atoms with E-state index in [0.717, 1.165) is 44.4 Å². The number of nitrogen functional groups attached to an aromatic ring is 1. The largest absolute Gasteiger partial charge is 0.383 e. The average molecular weight is 447 g/mol. The minimum absolute atomic E-state index is 0.0261. The Morgan fingerprint density at radius 3 is 2.50 bits per heavy atom. The number of piperidine rings is 1. The molecule has 0 radical (unpaired) electrons. The van der Waals surface area contributed by atoms with Crippen LogP contribution in [-0.2, 0) is 19.0 Å². The van der Waals surface area contributed by atoms with Crippen molar-refractivity contribution < 1.29 is 23.8 Å². The number of hydrogen-bond acceptors (Lipinski definition) is 7. The van der Waals surface area contributed by atoms with E-state index in [-0.39, 0.29) is 36.3 Å². The number of amides is 2. The first kappa shape index (κ1) is 22.9. The van der Waals surface area contributed by atoms with Crippen LogP contribution < -0.4 is 5.73 Å². The third kappa shape index (κ3) is 5.76. The Bertz CT molecular complexity index is 785. The number of hydrogen-bond donors (Lipinski definition) is 1. The minimum Gasteiger partial charge on any atom is -0.383 e. The molecule has 0 bridgehead atoms. The fraction of sp³-hybridized carbons (Fsp3) is 0.696. The maximum Gasteiger partial charge on any atom is 0.257 e. The molecule has 0 aliphatic carbocycles. The van der Waals surface area contributed by atoms with Crippen LogP contribution in [0.5, 0.6) is 0 Å². The third-order valence-corrected chi connectivity index (χ3v) is 6.54. The lowest BCUT2D eigenvalue weighted by Crippen LogP contribution is -2.41. The number of carbonyl (C=O) groups is 2. The number of anilines is 1. The summed E-state index contributed by atoms with van der Waals surface area (Å²) in [5.74, 6) is 0.434. The van der Waals surface area contributed by atoms with Gasteiger partial charge in [-0.05, 0) is 44.2 Å². The SMILES string of the molecule is Nc1nc(C2CCN(C(=O)COC[C@@H]3CCCCO3)CC2)ccc1C(=O)N1CCOCC1. The lowest BCUT2D eigenvalue weighted by atomic mass is 9.92. The maximum absolute atomic E-state index is 12.7. The average Bonchev–Trinajstić information content (AvgIpc) is 2.85. The first-order chi connectivity index (χ1) is 15.6. The van der Waals surface area contributed by atoms with Crippen LogP contribution in [0, 0.1) is 0 Å². The molecule has 1 atom stereocenters. The summed E-state index contributed by atoms with van der Waals surface area (Å²) in [6, 6.07) is 3.69. The van der Waals surface area contributed by atoms with Crippen LogP contribution in [0.15, 0.2) is 12.1 Å². The fourth-order valence-electron chi connectivity index (χ4n) is 4.57. The molecular weight excluding hydrogens is 412 g/mol. The number of morpholine rings is 1. The van der Waals surface area contributed by atoms with Gasteiger partial charge in [0.1, 0.15) is 12.4 Å². The lowest BCUT2D eigenvalue weighted by Gasteiger charge is -2.32. The van der Waals surface area contributed by atoms with Gasteiger partial charge >= 0.3 is 0 Å². The first-order valence-electron chi connectivity index (χ1n) is 11.7. The summed E-state index contributed by atoms with van der Waals surface area (Å²) in [7, 11) is 0. The van der Waals surface area contributed by atoms with Crippen molar-refractivity contribution in [3.63, 3.8) is 0 Å². The number of ether oxygens (including phenoxy) is 3. The van der Waals surface area contributed by atoms with Gasteiger partial charge in [-0.1, -0.05) is 0 Å². The Balaban J connectivity index is 1.24. The molecule has 9 nitrogen and oxygen atoms in total. The molecule has 32 heavy (non-hydrogen) atoms. The molecule has 3 aliphatic heterocycles. The number of carbonyl (C=O) groups excluding carboxylic acids is 2. The Kier molecular flexibility index (Phi) is 7.94. The zero-order valence-corrected chi connectivity index (χ0v) is 18.7. The van der Waals surface area contributed by atoms with Crippen molar-refractivity contribution in [2.24, 2.45) is 0 Å². The Morgan fingerprint density at radius 1 is 1.03 bits per heavy atom. The zero-order chi connectivity index (χ0) is 22.3. The van der Waals surface area contributed by atoms with Gasteiger partial charge in [0.2, 0.25) is 5.91 Å². The molecule has 4 heterocycles. The number of rotatable bonds is 6. The number of nitrogens with zero attached hydrogens (tertiary/aromatic N) is 3. The highest BCUT2D eigenvalue weighted by Crippen LogP contribution is 2.28. The van der Waals surface area contributed by atoms with E-state index in [1.807, 2.05) is 11.0 Å².